The van der Waals surface area contributed by atoms with Crippen molar-refractivity contribution in [1.82, 2.24) is 10.8 Å². The number of piperazine rings is 1. The maximum atomic E-state index is 14.8. The minimum Gasteiger partial charge on any atom is -0.456 e. The molecule has 1 aliphatic rings. The average molecular weight is 667 g/mol. The van der Waals surface area contributed by atoms with E-state index in [2.05, 4.69) is 17.7 Å². The maximum absolute atomic E-state index is 14.8. The molecule has 10 heteroatoms. The van der Waals surface area contributed by atoms with Gasteiger partial charge in [0.25, 0.3) is 0 Å². The number of hydroxylamine groups is 1. The Morgan fingerprint density at radius 2 is 1.44 bits per heavy atom. The molecule has 1 aliphatic heterocycles. The summed E-state index contributed by atoms with van der Waals surface area (Å²) in [4.78, 5) is 61.4. The number of carbonyl (C=O) groups is 4. The third-order valence-electron chi connectivity index (χ3n) is 8.57. The number of ether oxygens (including phenoxy) is 2. The zero-order chi connectivity index (χ0) is 34.8. The lowest BCUT2D eigenvalue weighted by Crippen LogP contribution is -2.74. The van der Waals surface area contributed by atoms with Crippen LogP contribution >= 0.6 is 0 Å². The number of amides is 3. The van der Waals surface area contributed by atoms with Crippen LogP contribution in [-0.2, 0) is 41.9 Å². The van der Waals surface area contributed by atoms with Crippen molar-refractivity contribution < 1.29 is 38.0 Å². The molecule has 2 aromatic rings. The van der Waals surface area contributed by atoms with Crippen molar-refractivity contribution in [3.63, 3.8) is 0 Å². The highest BCUT2D eigenvalue weighted by molar-refractivity contribution is 5.90. The van der Waals surface area contributed by atoms with Gasteiger partial charge in [-0.25, -0.2) is 15.1 Å². The van der Waals surface area contributed by atoms with E-state index < -0.39 is 45.9 Å². The molecule has 0 saturated carbocycles. The lowest BCUT2D eigenvalue weighted by atomic mass is 9.92. The Balaban J connectivity index is 1.84. The number of hydrogen-bond donors (Lipinski definition) is 2. The van der Waals surface area contributed by atoms with Gasteiger partial charge in [-0.2, -0.15) is 4.79 Å². The van der Waals surface area contributed by atoms with Crippen LogP contribution in [0, 0.1) is 5.92 Å². The van der Waals surface area contributed by atoms with Crippen LogP contribution in [0.25, 0.3) is 0 Å². The molecule has 48 heavy (non-hydrogen) atoms. The number of rotatable bonds is 18. The highest BCUT2D eigenvalue weighted by Gasteiger charge is 2.60. The number of carbonyl (C=O) groups excluding carboxylic acids is 4. The molecule has 0 aromatic heterocycles. The highest BCUT2D eigenvalue weighted by Crippen LogP contribution is 2.30. The normalized spacial score (nSPS) is 18.5. The smallest absolute Gasteiger partial charge is 0.456 e. The quantitative estimate of drug-likeness (QED) is 0.0775. The lowest BCUT2D eigenvalue weighted by Gasteiger charge is -2.42. The predicted octanol–water partition coefficient (Wildman–Crippen LogP) is 6.77. The molecule has 3 rings (SSSR count). The fourth-order valence-corrected chi connectivity index (χ4v) is 6.01. The van der Waals surface area contributed by atoms with E-state index in [0.717, 1.165) is 30.4 Å². The molecule has 1 heterocycles. The first-order chi connectivity index (χ1) is 23.1. The first-order valence-corrected chi connectivity index (χ1v) is 17.6. The van der Waals surface area contributed by atoms with Crippen LogP contribution in [0.2, 0.25) is 0 Å². The number of unbranched alkanes of at least 4 members (excludes halogenated alkanes) is 7. The highest BCUT2D eigenvalue weighted by atomic mass is 16.6. The molecule has 264 valence electrons. The molecule has 0 radical (unpaired) electrons. The van der Waals surface area contributed by atoms with Crippen LogP contribution in [0.15, 0.2) is 60.7 Å². The summed E-state index contributed by atoms with van der Waals surface area (Å²) < 4.78 is 10.7. The summed E-state index contributed by atoms with van der Waals surface area (Å²) >= 11 is 0. The van der Waals surface area contributed by atoms with E-state index in [9.17, 15) is 19.2 Å². The standard InChI is InChI=1S/C38H55N3O7/c1-5-6-7-8-9-10-11-18-23-32(26-34(42)40-47-29-31-21-16-13-17-22-31)35(43)41(37(45)48-38(2,3)4)25-24-39-27-33(41)36(44)46-28-30-19-14-12-15-20-30/h12-17,19-22,32-33,39H,5-11,18,23-29H2,1-4H3/p+1/t32-,33?,41+/m1/s1. The zero-order valence-electron chi connectivity index (χ0n) is 29.3. The Morgan fingerprint density at radius 1 is 0.854 bits per heavy atom. The fraction of sp³-hybridized carbons (Fsp3) is 0.579. The average Bonchev–Trinajstić information content (AvgIpc) is 3.07. The summed E-state index contributed by atoms with van der Waals surface area (Å²) in [7, 11) is 0. The van der Waals surface area contributed by atoms with E-state index in [4.69, 9.17) is 14.3 Å². The van der Waals surface area contributed by atoms with Crippen LogP contribution in [0.3, 0.4) is 0 Å². The number of esters is 1. The Morgan fingerprint density at radius 3 is 2.04 bits per heavy atom. The molecule has 10 nitrogen and oxygen atoms in total. The summed E-state index contributed by atoms with van der Waals surface area (Å²) in [6.45, 7) is 7.91. The SMILES string of the molecule is CCCCCCCCCC[C@H](CC(=O)NOCc1ccccc1)C(=O)[N@+]1(C(=O)OC(C)(C)C)CCNCC1C(=O)OCc1ccccc1. The topological polar surface area (TPSA) is 120 Å². The molecule has 3 amide bonds. The molecule has 2 N–H and O–H groups in total. The third kappa shape index (κ3) is 12.5. The molecule has 0 bridgehead atoms. The molecular formula is C38H56N3O7+. The van der Waals surface area contributed by atoms with Crippen molar-refractivity contribution in [2.24, 2.45) is 5.92 Å². The van der Waals surface area contributed by atoms with Crippen LogP contribution in [0.4, 0.5) is 4.79 Å². The molecule has 1 unspecified atom stereocenters. The van der Waals surface area contributed by atoms with Gasteiger partial charge in [0.2, 0.25) is 11.9 Å². The van der Waals surface area contributed by atoms with E-state index >= 15 is 0 Å². The summed E-state index contributed by atoms with van der Waals surface area (Å²) in [5.74, 6) is -2.50. The van der Waals surface area contributed by atoms with Crippen molar-refractivity contribution >= 4 is 23.9 Å². The van der Waals surface area contributed by atoms with Crippen molar-refractivity contribution in [3.8, 4) is 0 Å². The molecule has 0 spiro atoms. The molecular weight excluding hydrogens is 610 g/mol. The Labute approximate surface area is 286 Å². The minimum absolute atomic E-state index is 0.00109. The Kier molecular flexibility index (Phi) is 16.2. The van der Waals surface area contributed by atoms with Gasteiger partial charge in [0.05, 0.1) is 19.1 Å². The van der Waals surface area contributed by atoms with E-state index in [1.165, 1.54) is 25.7 Å². The number of imide groups is 1. The second kappa shape index (κ2) is 20.0. The monoisotopic (exact) mass is 666 g/mol. The fourth-order valence-electron chi connectivity index (χ4n) is 6.01. The predicted molar refractivity (Wildman–Crippen MR) is 184 cm³/mol. The van der Waals surface area contributed by atoms with Gasteiger partial charge in [-0.3, -0.25) is 9.63 Å². The maximum Gasteiger partial charge on any atom is 0.524 e. The van der Waals surface area contributed by atoms with Gasteiger partial charge in [0, 0.05) is 13.0 Å². The third-order valence-corrected chi connectivity index (χ3v) is 8.57. The van der Waals surface area contributed by atoms with Gasteiger partial charge in [-0.1, -0.05) is 119 Å². The summed E-state index contributed by atoms with van der Waals surface area (Å²) in [6.07, 6.45) is 7.96. The number of benzene rings is 2. The van der Waals surface area contributed by atoms with Gasteiger partial charge in [-0.15, -0.1) is 4.48 Å². The van der Waals surface area contributed by atoms with E-state index in [0.29, 0.717) is 19.4 Å². The summed E-state index contributed by atoms with van der Waals surface area (Å²) in [5, 5.41) is 3.17. The van der Waals surface area contributed by atoms with Crippen LogP contribution in [-0.4, -0.2) is 59.6 Å². The van der Waals surface area contributed by atoms with E-state index in [1.54, 1.807) is 20.8 Å². The Bertz CT molecular complexity index is 1280. The molecule has 1 fully saturated rings. The lowest BCUT2D eigenvalue weighted by molar-refractivity contribution is -0.806. The molecule has 1 saturated heterocycles. The van der Waals surface area contributed by atoms with Crippen LogP contribution in [0.5, 0.6) is 0 Å². The van der Waals surface area contributed by atoms with Gasteiger partial charge < -0.3 is 14.8 Å². The van der Waals surface area contributed by atoms with Gasteiger partial charge in [-0.05, 0) is 38.3 Å². The number of hydrogen-bond acceptors (Lipinski definition) is 8. The zero-order valence-corrected chi connectivity index (χ0v) is 29.3. The van der Waals surface area contributed by atoms with Gasteiger partial charge >= 0.3 is 18.0 Å². The summed E-state index contributed by atoms with van der Waals surface area (Å²) in [5.41, 5.74) is 3.24. The second-order valence-corrected chi connectivity index (χ2v) is 13.7. The molecule has 0 aliphatic carbocycles. The second-order valence-electron chi connectivity index (χ2n) is 13.7. The van der Waals surface area contributed by atoms with Crippen molar-refractivity contribution in [3.05, 3.63) is 71.8 Å². The van der Waals surface area contributed by atoms with Crippen molar-refractivity contribution in [1.29, 1.82) is 0 Å². The first kappa shape index (κ1) is 38.8. The summed E-state index contributed by atoms with van der Waals surface area (Å²) in [6, 6.07) is 17.5. The van der Waals surface area contributed by atoms with Crippen molar-refractivity contribution in [2.75, 3.05) is 19.6 Å². The van der Waals surface area contributed by atoms with E-state index in [-0.39, 0.29) is 32.7 Å². The first-order valence-electron chi connectivity index (χ1n) is 17.6. The number of nitrogens with zero attached hydrogens (tertiary/aromatic N) is 1. The van der Waals surface area contributed by atoms with Crippen LogP contribution < -0.4 is 10.8 Å². The van der Waals surface area contributed by atoms with Gasteiger partial charge in [0.15, 0.2) is 0 Å². The minimum atomic E-state index is -1.18. The van der Waals surface area contributed by atoms with Crippen molar-refractivity contribution in [2.45, 2.75) is 117 Å². The number of nitrogens with one attached hydrogen (secondary N) is 2. The molecule has 3 atom stereocenters. The van der Waals surface area contributed by atoms with Crippen LogP contribution in [0.1, 0.15) is 103 Å². The van der Waals surface area contributed by atoms with Gasteiger partial charge in [0.1, 0.15) is 18.8 Å². The molecule has 2 aromatic carbocycles. The number of quaternary nitrogens is 1. The Hall–Kier alpha value is -3.60. The largest absolute Gasteiger partial charge is 0.524 e. The van der Waals surface area contributed by atoms with E-state index in [1.807, 2.05) is 60.7 Å².